The molecule has 0 fully saturated rings. The minimum Gasteiger partial charge on any atom is -0.507 e. The topological polar surface area (TPSA) is 32.6 Å². The number of hydrogen-bond acceptors (Lipinski definition) is 2. The summed E-state index contributed by atoms with van der Waals surface area (Å²) in [6.45, 7) is 2.26. The van der Waals surface area contributed by atoms with Crippen molar-refractivity contribution in [1.29, 1.82) is 0 Å². The van der Waals surface area contributed by atoms with Crippen LogP contribution in [-0.4, -0.2) is 18.0 Å². The average molecular weight is 369 g/mol. The van der Waals surface area contributed by atoms with Gasteiger partial charge in [0, 0.05) is 17.1 Å². The number of para-hydroxylation sites is 1. The van der Waals surface area contributed by atoms with Gasteiger partial charge in [-0.25, -0.2) is 0 Å². The molecule has 4 aromatic rings. The fraction of sp³-hybridized carbons (Fsp3) is 0.0417. The molecule has 132 valence electrons. The van der Waals surface area contributed by atoms with Gasteiger partial charge >= 0.3 is 0 Å². The number of aliphatic imine (C=N–C) groups is 1. The molecule has 3 heteroatoms. The highest BCUT2D eigenvalue weighted by Gasteiger charge is 2.11. The summed E-state index contributed by atoms with van der Waals surface area (Å²) in [5.74, 6) is 0.247. The van der Waals surface area contributed by atoms with Crippen LogP contribution in [0.1, 0.15) is 5.56 Å². The number of hydrogen-bond donors (Lipinski definition) is 1. The van der Waals surface area contributed by atoms with E-state index in [1.165, 1.54) is 10.6 Å². The maximum Gasteiger partial charge on any atom is 0.124 e. The van der Waals surface area contributed by atoms with Crippen molar-refractivity contribution in [2.45, 2.75) is 0 Å². The lowest BCUT2D eigenvalue weighted by Gasteiger charge is -2.15. The van der Waals surface area contributed by atoms with Crippen LogP contribution in [-0.2, 0) is 0 Å². The van der Waals surface area contributed by atoms with E-state index in [-0.39, 0.29) is 5.75 Å². The Morgan fingerprint density at radius 1 is 0.778 bits per heavy atom. The molecule has 4 rings (SSSR count). The molecule has 2 nitrogen and oxygen atoms in total. The van der Waals surface area contributed by atoms with Crippen LogP contribution in [0.15, 0.2) is 96.0 Å². The smallest absolute Gasteiger partial charge is 0.124 e. The van der Waals surface area contributed by atoms with E-state index in [4.69, 9.17) is 4.99 Å². The van der Waals surface area contributed by atoms with E-state index in [1.54, 1.807) is 12.3 Å². The summed E-state index contributed by atoms with van der Waals surface area (Å²) in [6.07, 6.45) is 1.76. The maximum absolute atomic E-state index is 10.4. The Morgan fingerprint density at radius 2 is 1.41 bits per heavy atom. The van der Waals surface area contributed by atoms with Gasteiger partial charge in [-0.2, -0.15) is 0 Å². The molecule has 0 aliphatic heterocycles. The van der Waals surface area contributed by atoms with E-state index in [9.17, 15) is 5.11 Å². The normalized spacial score (nSPS) is 12.5. The van der Waals surface area contributed by atoms with Gasteiger partial charge in [-0.1, -0.05) is 72.8 Å². The number of benzene rings is 4. The van der Waals surface area contributed by atoms with Gasteiger partial charge in [-0.05, 0) is 48.9 Å². The highest BCUT2D eigenvalue weighted by Crippen LogP contribution is 2.33. The molecule has 4 aromatic carbocycles. The second-order valence-corrected chi connectivity index (χ2v) is 8.52. The first-order valence-electron chi connectivity index (χ1n) is 8.86. The Bertz CT molecular complexity index is 1110. The highest BCUT2D eigenvalue weighted by atomic mass is 31.1. The van der Waals surface area contributed by atoms with Crippen LogP contribution < -0.4 is 10.6 Å². The summed E-state index contributed by atoms with van der Waals surface area (Å²) >= 11 is 0. The quantitative estimate of drug-likeness (QED) is 0.381. The van der Waals surface area contributed by atoms with Crippen molar-refractivity contribution in [3.8, 4) is 5.75 Å². The Labute approximate surface area is 160 Å². The van der Waals surface area contributed by atoms with Gasteiger partial charge < -0.3 is 5.11 Å². The predicted molar refractivity (Wildman–Crippen MR) is 118 cm³/mol. The number of nitrogens with zero attached hydrogens (tertiary/aromatic N) is 1. The molecule has 1 N–H and O–H groups in total. The van der Waals surface area contributed by atoms with Gasteiger partial charge in [0.05, 0.1) is 5.69 Å². The van der Waals surface area contributed by atoms with Crippen LogP contribution in [0.4, 0.5) is 5.69 Å². The van der Waals surface area contributed by atoms with Crippen molar-refractivity contribution in [2.75, 3.05) is 6.66 Å². The SMILES string of the molecule is C[P@](c1ccccc1)c1ccccc1N=Cc1cc2ccccc2cc1O. The highest BCUT2D eigenvalue weighted by molar-refractivity contribution is 7.72. The molecule has 0 spiro atoms. The first kappa shape index (κ1) is 17.5. The summed E-state index contributed by atoms with van der Waals surface area (Å²) in [7, 11) is -0.484. The number of fused-ring (bicyclic) bond motifs is 1. The second kappa shape index (κ2) is 7.73. The molecule has 0 saturated heterocycles. The number of phenolic OH excluding ortho intramolecular Hbond substituents is 1. The summed E-state index contributed by atoms with van der Waals surface area (Å²) in [5.41, 5.74) is 1.67. The van der Waals surface area contributed by atoms with E-state index in [2.05, 4.69) is 43.1 Å². The molecule has 27 heavy (non-hydrogen) atoms. The zero-order chi connectivity index (χ0) is 18.6. The van der Waals surface area contributed by atoms with Crippen LogP contribution in [0.25, 0.3) is 10.8 Å². The van der Waals surface area contributed by atoms with Crippen LogP contribution in [0, 0.1) is 0 Å². The van der Waals surface area contributed by atoms with Crippen LogP contribution in [0.3, 0.4) is 0 Å². The van der Waals surface area contributed by atoms with E-state index in [0.29, 0.717) is 0 Å². The molecular weight excluding hydrogens is 349 g/mol. The fourth-order valence-corrected chi connectivity index (χ4v) is 4.82. The fourth-order valence-electron chi connectivity index (χ4n) is 3.14. The number of aromatic hydroxyl groups is 1. The lowest BCUT2D eigenvalue weighted by Crippen LogP contribution is -2.10. The molecule has 0 unspecified atom stereocenters. The first-order chi connectivity index (χ1) is 13.2. The van der Waals surface area contributed by atoms with E-state index in [0.717, 1.165) is 22.0 Å². The molecule has 1 atom stereocenters. The molecule has 0 saturated carbocycles. The van der Waals surface area contributed by atoms with Gasteiger partial charge in [0.15, 0.2) is 0 Å². The molecule has 0 aliphatic rings. The third-order valence-corrected chi connectivity index (χ3v) is 6.80. The van der Waals surface area contributed by atoms with Crippen LogP contribution in [0.5, 0.6) is 5.75 Å². The Balaban J connectivity index is 1.70. The standard InChI is InChI=1S/C24H20NOP/c1-27(21-11-3-2-4-12-21)24-14-8-7-13-22(24)25-17-20-15-18-9-5-6-10-19(18)16-23(20)26/h2-17,26H,1H3/t27-/m1/s1. The van der Waals surface area contributed by atoms with Crippen LogP contribution >= 0.6 is 7.92 Å². The summed E-state index contributed by atoms with van der Waals surface area (Å²) in [4.78, 5) is 4.72. The van der Waals surface area contributed by atoms with E-state index >= 15 is 0 Å². The van der Waals surface area contributed by atoms with Crippen molar-refractivity contribution in [3.05, 3.63) is 96.6 Å². The second-order valence-electron chi connectivity index (χ2n) is 6.40. The third-order valence-electron chi connectivity index (χ3n) is 4.62. The van der Waals surface area contributed by atoms with E-state index in [1.807, 2.05) is 48.5 Å². The zero-order valence-corrected chi connectivity index (χ0v) is 16.0. The molecule has 0 aromatic heterocycles. The van der Waals surface area contributed by atoms with Gasteiger partial charge in [0.1, 0.15) is 5.75 Å². The summed E-state index contributed by atoms with van der Waals surface area (Å²) in [5, 5.41) is 15.0. The van der Waals surface area contributed by atoms with Crippen molar-refractivity contribution in [3.63, 3.8) is 0 Å². The molecule has 0 aliphatic carbocycles. The van der Waals surface area contributed by atoms with Gasteiger partial charge in [0.2, 0.25) is 0 Å². The lowest BCUT2D eigenvalue weighted by molar-refractivity contribution is 0.475. The first-order valence-corrected chi connectivity index (χ1v) is 10.6. The molecule has 0 bridgehead atoms. The number of phenols is 1. The van der Waals surface area contributed by atoms with E-state index < -0.39 is 7.92 Å². The third kappa shape index (κ3) is 3.77. The molecule has 0 radical (unpaired) electrons. The maximum atomic E-state index is 10.4. The Morgan fingerprint density at radius 3 is 2.19 bits per heavy atom. The molecule has 0 heterocycles. The summed E-state index contributed by atoms with van der Waals surface area (Å²) in [6, 6.07) is 30.5. The van der Waals surface area contributed by atoms with Gasteiger partial charge in [-0.15, -0.1) is 0 Å². The van der Waals surface area contributed by atoms with Crippen molar-refractivity contribution in [1.82, 2.24) is 0 Å². The lowest BCUT2D eigenvalue weighted by atomic mass is 10.1. The minimum absolute atomic E-state index is 0.247. The largest absolute Gasteiger partial charge is 0.507 e. The minimum atomic E-state index is -0.484. The summed E-state index contributed by atoms with van der Waals surface area (Å²) < 4.78 is 0. The van der Waals surface area contributed by atoms with Crippen LogP contribution in [0.2, 0.25) is 0 Å². The zero-order valence-electron chi connectivity index (χ0n) is 15.1. The van der Waals surface area contributed by atoms with Crippen molar-refractivity contribution < 1.29 is 5.11 Å². The molecular formula is C24H20NOP. The molecule has 0 amide bonds. The Kier molecular flexibility index (Phi) is 5.00. The van der Waals surface area contributed by atoms with Gasteiger partial charge in [0.25, 0.3) is 0 Å². The Hall–Kier alpha value is -2.96. The van der Waals surface area contributed by atoms with Crippen molar-refractivity contribution >= 4 is 41.2 Å². The van der Waals surface area contributed by atoms with Crippen molar-refractivity contribution in [2.24, 2.45) is 4.99 Å². The average Bonchev–Trinajstić information content (AvgIpc) is 2.72. The van der Waals surface area contributed by atoms with Gasteiger partial charge in [-0.3, -0.25) is 4.99 Å². The predicted octanol–water partition coefficient (Wildman–Crippen LogP) is 5.36. The number of rotatable bonds is 4. The monoisotopic (exact) mass is 369 g/mol.